The molecule has 2 amide bonds. The lowest BCUT2D eigenvalue weighted by Gasteiger charge is -2.47. The Hall–Kier alpha value is -2.37. The van der Waals surface area contributed by atoms with Crippen LogP contribution in [0.5, 0.6) is 0 Å². The number of carbonyl (C=O) groups excluding carboxylic acids is 3. The van der Waals surface area contributed by atoms with Crippen molar-refractivity contribution >= 4 is 17.8 Å². The molecule has 0 bridgehead atoms. The Morgan fingerprint density at radius 3 is 2.34 bits per heavy atom. The molecule has 1 spiro atoms. The molecular weight excluding hydrogens is 404 g/mol. The standard InChI is InChI=1S/C26H38N2O4/c1-21(2)9-10-23(29)11-12-24(30)27-17-14-26(15-18-27)13-6-16-28(20-26)25(31)32-19-22-7-4-3-5-8-22/h3-5,7-8,21H,6,9-20H2,1-2H3. The van der Waals surface area contributed by atoms with Gasteiger partial charge < -0.3 is 14.5 Å². The molecule has 2 saturated heterocycles. The van der Waals surface area contributed by atoms with E-state index in [0.29, 0.717) is 51.4 Å². The lowest BCUT2D eigenvalue weighted by Crippen LogP contribution is -2.52. The third-order valence-corrected chi connectivity index (χ3v) is 6.92. The molecule has 6 heteroatoms. The number of hydrogen-bond acceptors (Lipinski definition) is 4. The summed E-state index contributed by atoms with van der Waals surface area (Å²) >= 11 is 0. The van der Waals surface area contributed by atoms with Crippen LogP contribution >= 0.6 is 0 Å². The second kappa shape index (κ2) is 11.5. The molecule has 2 heterocycles. The van der Waals surface area contributed by atoms with Gasteiger partial charge in [0.2, 0.25) is 5.91 Å². The zero-order valence-corrected chi connectivity index (χ0v) is 19.7. The third kappa shape index (κ3) is 7.07. The van der Waals surface area contributed by atoms with Gasteiger partial charge in [0, 0.05) is 45.4 Å². The number of Topliss-reactive ketones (excluding diaryl/α,β-unsaturated/α-hetero) is 1. The van der Waals surface area contributed by atoms with Gasteiger partial charge in [-0.25, -0.2) is 4.79 Å². The Kier molecular flexibility index (Phi) is 8.71. The molecule has 0 unspecified atom stereocenters. The van der Waals surface area contributed by atoms with Gasteiger partial charge >= 0.3 is 6.09 Å². The minimum atomic E-state index is -0.244. The van der Waals surface area contributed by atoms with E-state index < -0.39 is 0 Å². The number of carbonyl (C=O) groups is 3. The molecule has 2 fully saturated rings. The zero-order valence-electron chi connectivity index (χ0n) is 19.7. The highest BCUT2D eigenvalue weighted by Crippen LogP contribution is 2.40. The van der Waals surface area contributed by atoms with Crippen molar-refractivity contribution in [1.82, 2.24) is 9.80 Å². The summed E-state index contributed by atoms with van der Waals surface area (Å²) in [4.78, 5) is 41.0. The first-order chi connectivity index (χ1) is 15.4. The van der Waals surface area contributed by atoms with Gasteiger partial charge in [0.05, 0.1) is 0 Å². The normalized spacial score (nSPS) is 18.1. The molecule has 1 aromatic carbocycles. The zero-order chi connectivity index (χ0) is 23.0. The average molecular weight is 443 g/mol. The van der Waals surface area contributed by atoms with Gasteiger partial charge in [-0.1, -0.05) is 44.2 Å². The number of likely N-dealkylation sites (tertiary alicyclic amines) is 2. The molecule has 1 aromatic rings. The number of rotatable bonds is 8. The van der Waals surface area contributed by atoms with E-state index in [1.807, 2.05) is 40.1 Å². The van der Waals surface area contributed by atoms with Crippen molar-refractivity contribution in [2.45, 2.75) is 71.8 Å². The van der Waals surface area contributed by atoms with Crippen molar-refractivity contribution in [2.75, 3.05) is 26.2 Å². The van der Waals surface area contributed by atoms with Crippen LogP contribution in [0, 0.1) is 11.3 Å². The van der Waals surface area contributed by atoms with E-state index in [0.717, 1.165) is 44.2 Å². The Morgan fingerprint density at radius 1 is 0.938 bits per heavy atom. The predicted octanol–water partition coefficient (Wildman–Crippen LogP) is 4.81. The summed E-state index contributed by atoms with van der Waals surface area (Å²) in [5, 5.41) is 0. The van der Waals surface area contributed by atoms with Gasteiger partial charge in [0.15, 0.2) is 0 Å². The predicted molar refractivity (Wildman–Crippen MR) is 124 cm³/mol. The summed E-state index contributed by atoms with van der Waals surface area (Å²) in [5.41, 5.74) is 1.07. The highest BCUT2D eigenvalue weighted by Gasteiger charge is 2.40. The Morgan fingerprint density at radius 2 is 1.66 bits per heavy atom. The highest BCUT2D eigenvalue weighted by atomic mass is 16.6. The van der Waals surface area contributed by atoms with Gasteiger partial charge in [0.25, 0.3) is 0 Å². The average Bonchev–Trinajstić information content (AvgIpc) is 2.81. The Labute approximate surface area is 192 Å². The van der Waals surface area contributed by atoms with Gasteiger partial charge in [-0.2, -0.15) is 0 Å². The van der Waals surface area contributed by atoms with Gasteiger partial charge in [-0.3, -0.25) is 9.59 Å². The Balaban J connectivity index is 1.42. The molecule has 0 radical (unpaired) electrons. The van der Waals surface area contributed by atoms with Crippen molar-refractivity contribution in [3.63, 3.8) is 0 Å². The fourth-order valence-corrected chi connectivity index (χ4v) is 4.79. The number of ketones is 1. The molecule has 0 aromatic heterocycles. The lowest BCUT2D eigenvalue weighted by atomic mass is 9.72. The number of nitrogens with zero attached hydrogens (tertiary/aromatic N) is 2. The number of benzene rings is 1. The summed E-state index contributed by atoms with van der Waals surface area (Å²) < 4.78 is 5.54. The fraction of sp³-hybridized carbons (Fsp3) is 0.654. The second-order valence-corrected chi connectivity index (χ2v) is 9.92. The SMILES string of the molecule is CC(C)CCC(=O)CCC(=O)N1CCC2(CCCN(C(=O)OCc3ccccc3)C2)CC1. The molecule has 32 heavy (non-hydrogen) atoms. The van der Waals surface area contributed by atoms with Crippen molar-refractivity contribution in [3.05, 3.63) is 35.9 Å². The van der Waals surface area contributed by atoms with Crippen LogP contribution in [0.1, 0.15) is 70.8 Å². The molecule has 0 aliphatic carbocycles. The van der Waals surface area contributed by atoms with E-state index in [1.54, 1.807) is 0 Å². The molecule has 176 valence electrons. The molecule has 6 nitrogen and oxygen atoms in total. The van der Waals surface area contributed by atoms with Crippen LogP contribution in [0.2, 0.25) is 0 Å². The number of amides is 2. The van der Waals surface area contributed by atoms with E-state index >= 15 is 0 Å². The summed E-state index contributed by atoms with van der Waals surface area (Å²) in [6.45, 7) is 7.38. The number of ether oxygens (including phenoxy) is 1. The first-order valence-corrected chi connectivity index (χ1v) is 12.1. The largest absolute Gasteiger partial charge is 0.445 e. The summed E-state index contributed by atoms with van der Waals surface area (Å²) in [6, 6.07) is 9.73. The highest BCUT2D eigenvalue weighted by molar-refractivity contribution is 5.85. The third-order valence-electron chi connectivity index (χ3n) is 6.92. The van der Waals surface area contributed by atoms with E-state index in [9.17, 15) is 14.4 Å². The van der Waals surface area contributed by atoms with Gasteiger partial charge in [0.1, 0.15) is 12.4 Å². The quantitative estimate of drug-likeness (QED) is 0.579. The van der Waals surface area contributed by atoms with Crippen molar-refractivity contribution in [3.8, 4) is 0 Å². The van der Waals surface area contributed by atoms with Crippen LogP contribution in [0.4, 0.5) is 4.79 Å². The fourth-order valence-electron chi connectivity index (χ4n) is 4.79. The van der Waals surface area contributed by atoms with E-state index in [1.165, 1.54) is 0 Å². The van der Waals surface area contributed by atoms with Crippen LogP contribution in [-0.4, -0.2) is 53.8 Å². The smallest absolute Gasteiger partial charge is 0.410 e. The summed E-state index contributed by atoms with van der Waals surface area (Å²) in [6.07, 6.45) is 5.77. The van der Waals surface area contributed by atoms with Crippen molar-refractivity contribution in [1.29, 1.82) is 0 Å². The van der Waals surface area contributed by atoms with Crippen LogP contribution < -0.4 is 0 Å². The van der Waals surface area contributed by atoms with E-state index in [2.05, 4.69) is 13.8 Å². The van der Waals surface area contributed by atoms with Gasteiger partial charge in [-0.15, -0.1) is 0 Å². The van der Waals surface area contributed by atoms with Crippen LogP contribution in [0.25, 0.3) is 0 Å². The molecule has 0 atom stereocenters. The maximum Gasteiger partial charge on any atom is 0.410 e. The van der Waals surface area contributed by atoms with Gasteiger partial charge in [-0.05, 0) is 49.0 Å². The maximum atomic E-state index is 12.6. The molecule has 2 aliphatic heterocycles. The van der Waals surface area contributed by atoms with E-state index in [4.69, 9.17) is 4.74 Å². The molecule has 2 aliphatic rings. The summed E-state index contributed by atoms with van der Waals surface area (Å²) in [5.74, 6) is 0.795. The minimum absolute atomic E-state index is 0.0773. The monoisotopic (exact) mass is 442 g/mol. The topological polar surface area (TPSA) is 66.9 Å². The Bertz CT molecular complexity index is 769. The molecule has 0 saturated carbocycles. The van der Waals surface area contributed by atoms with Crippen LogP contribution in [0.3, 0.4) is 0 Å². The molecule has 0 N–H and O–H groups in total. The maximum absolute atomic E-state index is 12.6. The summed E-state index contributed by atoms with van der Waals surface area (Å²) in [7, 11) is 0. The molecule has 3 rings (SSSR count). The van der Waals surface area contributed by atoms with E-state index in [-0.39, 0.29) is 23.2 Å². The first-order valence-electron chi connectivity index (χ1n) is 12.1. The number of hydrogen-bond donors (Lipinski definition) is 0. The number of piperidine rings is 2. The first kappa shape index (κ1) is 24.3. The van der Waals surface area contributed by atoms with Crippen LogP contribution in [-0.2, 0) is 20.9 Å². The lowest BCUT2D eigenvalue weighted by molar-refractivity contribution is -0.136. The molecular formula is C26H38N2O4. The minimum Gasteiger partial charge on any atom is -0.445 e. The van der Waals surface area contributed by atoms with Crippen LogP contribution in [0.15, 0.2) is 30.3 Å². The van der Waals surface area contributed by atoms with Crippen molar-refractivity contribution in [2.24, 2.45) is 11.3 Å². The van der Waals surface area contributed by atoms with Crippen molar-refractivity contribution < 1.29 is 19.1 Å². The second-order valence-electron chi connectivity index (χ2n) is 9.92.